The van der Waals surface area contributed by atoms with Crippen LogP contribution in [0.25, 0.3) is 17.2 Å². The van der Waals surface area contributed by atoms with E-state index in [1.165, 1.54) is 5.56 Å². The highest BCUT2D eigenvalue weighted by molar-refractivity contribution is 5.93. The summed E-state index contributed by atoms with van der Waals surface area (Å²) in [5, 5.41) is 9.32. The lowest BCUT2D eigenvalue weighted by atomic mass is 9.95. The quantitative estimate of drug-likeness (QED) is 0.524. The van der Waals surface area contributed by atoms with E-state index < -0.39 is 5.97 Å². The molecule has 0 heterocycles. The number of nitrogens with zero attached hydrogens (tertiary/aromatic N) is 1. The molecule has 4 nitrogen and oxygen atoms in total. The molecule has 3 aromatic carbocycles. The molecule has 158 valence electrons. The van der Waals surface area contributed by atoms with Gasteiger partial charge in [0.2, 0.25) is 5.91 Å². The highest BCUT2D eigenvalue weighted by atomic mass is 16.4. The van der Waals surface area contributed by atoms with Gasteiger partial charge in [0.15, 0.2) is 0 Å². The van der Waals surface area contributed by atoms with Gasteiger partial charge in [-0.3, -0.25) is 4.79 Å². The van der Waals surface area contributed by atoms with Crippen LogP contribution in [-0.2, 0) is 22.4 Å². The van der Waals surface area contributed by atoms with E-state index in [0.717, 1.165) is 28.7 Å². The Hall–Kier alpha value is -3.66. The second kappa shape index (κ2) is 10.4. The Morgan fingerprint density at radius 1 is 0.903 bits per heavy atom. The number of carbonyl (C=O) groups is 2. The van der Waals surface area contributed by atoms with Gasteiger partial charge in [-0.05, 0) is 47.2 Å². The standard InChI is InChI=1S/C27H27NO3/c1-20(27(30)31)17-24-18-22(13-14-25(24)23-11-7-4-8-12-23)19-26(29)28(2)16-15-21-9-5-3-6-10-21/h3-14,17-18H,15-16,19H2,1-2H3,(H,30,31). The number of carbonyl (C=O) groups excluding carboxylic acids is 1. The highest BCUT2D eigenvalue weighted by Gasteiger charge is 2.13. The number of likely N-dealkylation sites (N-methyl/N-ethyl adjacent to an activating group) is 1. The molecular formula is C27H27NO3. The van der Waals surface area contributed by atoms with Crippen LogP contribution >= 0.6 is 0 Å². The minimum atomic E-state index is -0.957. The van der Waals surface area contributed by atoms with Crippen LogP contribution < -0.4 is 0 Å². The van der Waals surface area contributed by atoms with Gasteiger partial charge in [-0.1, -0.05) is 78.9 Å². The fraction of sp³-hybridized carbons (Fsp3) is 0.185. The molecule has 0 aliphatic heterocycles. The molecular weight excluding hydrogens is 386 g/mol. The van der Waals surface area contributed by atoms with Gasteiger partial charge in [-0.25, -0.2) is 4.79 Å². The molecule has 0 aromatic heterocycles. The van der Waals surface area contributed by atoms with E-state index in [4.69, 9.17) is 0 Å². The maximum atomic E-state index is 12.7. The molecule has 1 amide bonds. The predicted octanol–water partition coefficient (Wildman–Crippen LogP) is 5.09. The lowest BCUT2D eigenvalue weighted by molar-refractivity contribution is -0.132. The average Bonchev–Trinajstić information content (AvgIpc) is 2.78. The summed E-state index contributed by atoms with van der Waals surface area (Å²) in [6.45, 7) is 2.22. The summed E-state index contributed by atoms with van der Waals surface area (Å²) in [6.07, 6.45) is 2.74. The van der Waals surface area contributed by atoms with Gasteiger partial charge in [0.05, 0.1) is 6.42 Å². The summed E-state index contributed by atoms with van der Waals surface area (Å²) in [5.41, 5.74) is 5.05. The van der Waals surface area contributed by atoms with Crippen LogP contribution in [0.1, 0.15) is 23.6 Å². The van der Waals surface area contributed by atoms with Crippen molar-refractivity contribution in [2.24, 2.45) is 0 Å². The van der Waals surface area contributed by atoms with E-state index in [9.17, 15) is 14.7 Å². The first-order chi connectivity index (χ1) is 14.9. The van der Waals surface area contributed by atoms with Gasteiger partial charge in [-0.2, -0.15) is 0 Å². The summed E-state index contributed by atoms with van der Waals surface area (Å²) in [6, 6.07) is 25.7. The van der Waals surface area contributed by atoms with E-state index in [2.05, 4.69) is 12.1 Å². The fourth-order valence-electron chi connectivity index (χ4n) is 3.39. The number of rotatable bonds is 8. The van der Waals surface area contributed by atoms with Crippen molar-refractivity contribution in [2.45, 2.75) is 19.8 Å². The number of carboxylic acids is 1. The molecule has 0 saturated heterocycles. The molecule has 0 saturated carbocycles. The van der Waals surface area contributed by atoms with Crippen molar-refractivity contribution in [1.29, 1.82) is 0 Å². The predicted molar refractivity (Wildman–Crippen MR) is 125 cm³/mol. The normalized spacial score (nSPS) is 11.2. The lowest BCUT2D eigenvalue weighted by Crippen LogP contribution is -2.30. The monoisotopic (exact) mass is 413 g/mol. The second-order valence-corrected chi connectivity index (χ2v) is 7.65. The third kappa shape index (κ3) is 6.16. The summed E-state index contributed by atoms with van der Waals surface area (Å²) >= 11 is 0. The fourth-order valence-corrected chi connectivity index (χ4v) is 3.39. The maximum absolute atomic E-state index is 12.7. The van der Waals surface area contributed by atoms with Gasteiger partial charge in [0, 0.05) is 19.2 Å². The topological polar surface area (TPSA) is 57.6 Å². The Morgan fingerprint density at radius 3 is 2.19 bits per heavy atom. The first kappa shape index (κ1) is 22.0. The molecule has 1 N–H and O–H groups in total. The second-order valence-electron chi connectivity index (χ2n) is 7.65. The minimum absolute atomic E-state index is 0.0354. The van der Waals surface area contributed by atoms with E-state index in [1.54, 1.807) is 17.9 Å². The van der Waals surface area contributed by atoms with Crippen LogP contribution in [0.2, 0.25) is 0 Å². The van der Waals surface area contributed by atoms with Gasteiger partial charge in [0.25, 0.3) is 0 Å². The maximum Gasteiger partial charge on any atom is 0.331 e. The molecule has 31 heavy (non-hydrogen) atoms. The third-order valence-corrected chi connectivity index (χ3v) is 5.27. The van der Waals surface area contributed by atoms with Crippen molar-refractivity contribution in [3.05, 3.63) is 101 Å². The van der Waals surface area contributed by atoms with Crippen molar-refractivity contribution < 1.29 is 14.7 Å². The molecule has 3 rings (SSSR count). The first-order valence-corrected chi connectivity index (χ1v) is 10.3. The van der Waals surface area contributed by atoms with Gasteiger partial charge >= 0.3 is 5.97 Å². The molecule has 0 aliphatic carbocycles. The van der Waals surface area contributed by atoms with Crippen molar-refractivity contribution in [3.63, 3.8) is 0 Å². The molecule has 4 heteroatoms. The number of aliphatic carboxylic acids is 1. The first-order valence-electron chi connectivity index (χ1n) is 10.3. The number of hydrogen-bond donors (Lipinski definition) is 1. The van der Waals surface area contributed by atoms with E-state index >= 15 is 0 Å². The largest absolute Gasteiger partial charge is 0.478 e. The SMILES string of the molecule is CC(=Cc1cc(CC(=O)N(C)CCc2ccccc2)ccc1-c1ccccc1)C(=O)O. The van der Waals surface area contributed by atoms with Crippen LogP contribution in [0, 0.1) is 0 Å². The average molecular weight is 414 g/mol. The number of benzene rings is 3. The number of hydrogen-bond acceptors (Lipinski definition) is 2. The molecule has 0 atom stereocenters. The van der Waals surface area contributed by atoms with Crippen LogP contribution in [0.4, 0.5) is 0 Å². The van der Waals surface area contributed by atoms with Crippen LogP contribution in [0.5, 0.6) is 0 Å². The number of carboxylic acid groups (broad SMARTS) is 1. The Balaban J connectivity index is 1.78. The lowest BCUT2D eigenvalue weighted by Gasteiger charge is -2.18. The molecule has 0 unspecified atom stereocenters. The van der Waals surface area contributed by atoms with Crippen LogP contribution in [-0.4, -0.2) is 35.5 Å². The zero-order valence-electron chi connectivity index (χ0n) is 17.9. The van der Waals surface area contributed by atoms with E-state index in [1.807, 2.05) is 73.8 Å². The van der Waals surface area contributed by atoms with Crippen LogP contribution in [0.15, 0.2) is 84.4 Å². The van der Waals surface area contributed by atoms with Gasteiger partial charge in [-0.15, -0.1) is 0 Å². The smallest absolute Gasteiger partial charge is 0.331 e. The summed E-state index contributed by atoms with van der Waals surface area (Å²) in [7, 11) is 1.82. The Labute approximate surface area is 183 Å². The zero-order valence-corrected chi connectivity index (χ0v) is 17.9. The van der Waals surface area contributed by atoms with Crippen molar-refractivity contribution in [3.8, 4) is 11.1 Å². The van der Waals surface area contributed by atoms with Crippen molar-refractivity contribution in [2.75, 3.05) is 13.6 Å². The molecule has 3 aromatic rings. The Kier molecular flexibility index (Phi) is 7.39. The summed E-state index contributed by atoms with van der Waals surface area (Å²) < 4.78 is 0. The molecule has 0 aliphatic rings. The summed E-state index contributed by atoms with van der Waals surface area (Å²) in [5.74, 6) is -0.922. The summed E-state index contributed by atoms with van der Waals surface area (Å²) in [4.78, 5) is 25.9. The highest BCUT2D eigenvalue weighted by Crippen LogP contribution is 2.27. The minimum Gasteiger partial charge on any atom is -0.478 e. The Bertz CT molecular complexity index is 1070. The zero-order chi connectivity index (χ0) is 22.2. The molecule has 0 fully saturated rings. The third-order valence-electron chi connectivity index (χ3n) is 5.27. The van der Waals surface area contributed by atoms with Crippen molar-refractivity contribution >= 4 is 18.0 Å². The van der Waals surface area contributed by atoms with Crippen molar-refractivity contribution in [1.82, 2.24) is 4.90 Å². The number of amides is 1. The van der Waals surface area contributed by atoms with Gasteiger partial charge in [0.1, 0.15) is 0 Å². The molecule has 0 spiro atoms. The Morgan fingerprint density at radius 2 is 1.55 bits per heavy atom. The van der Waals surface area contributed by atoms with Crippen LogP contribution in [0.3, 0.4) is 0 Å². The molecule has 0 bridgehead atoms. The molecule has 0 radical (unpaired) electrons. The van der Waals surface area contributed by atoms with E-state index in [-0.39, 0.29) is 17.9 Å². The van der Waals surface area contributed by atoms with E-state index in [0.29, 0.717) is 6.54 Å². The van der Waals surface area contributed by atoms with Gasteiger partial charge < -0.3 is 10.0 Å².